The highest BCUT2D eigenvalue weighted by molar-refractivity contribution is 9.10. The van der Waals surface area contributed by atoms with Crippen molar-refractivity contribution in [2.75, 3.05) is 18.1 Å². The normalized spacial score (nSPS) is 14.3. The van der Waals surface area contributed by atoms with Gasteiger partial charge in [0.2, 0.25) is 0 Å². The highest BCUT2D eigenvalue weighted by Crippen LogP contribution is 2.26. The lowest BCUT2D eigenvalue weighted by Crippen LogP contribution is -2.39. The number of benzene rings is 2. The molecule has 3 rings (SSSR count). The summed E-state index contributed by atoms with van der Waals surface area (Å²) in [6, 6.07) is 15.0. The fourth-order valence-electron chi connectivity index (χ4n) is 2.89. The van der Waals surface area contributed by atoms with E-state index in [1.807, 2.05) is 36.4 Å². The van der Waals surface area contributed by atoms with Crippen LogP contribution in [0.15, 0.2) is 53.0 Å². The fourth-order valence-corrected chi connectivity index (χ4v) is 3.15. The first-order valence-electron chi connectivity index (χ1n) is 8.52. The van der Waals surface area contributed by atoms with E-state index in [4.69, 9.17) is 9.47 Å². The Bertz CT molecular complexity index is 791. The van der Waals surface area contributed by atoms with Gasteiger partial charge in [0.1, 0.15) is 5.75 Å². The molecule has 1 atom stereocenters. The topological polar surface area (TPSA) is 55.8 Å². The summed E-state index contributed by atoms with van der Waals surface area (Å²) in [6.07, 6.45) is 1.06. The molecule has 1 amide bonds. The summed E-state index contributed by atoms with van der Waals surface area (Å²) in [5.41, 5.74) is 2.05. The molecule has 26 heavy (non-hydrogen) atoms. The van der Waals surface area contributed by atoms with Crippen LogP contribution in [0.1, 0.15) is 18.9 Å². The van der Waals surface area contributed by atoms with Crippen molar-refractivity contribution >= 4 is 33.5 Å². The average Bonchev–Trinajstić information content (AvgIpc) is 2.67. The maximum atomic E-state index is 12.5. The summed E-state index contributed by atoms with van der Waals surface area (Å²) < 4.78 is 11.6. The number of para-hydroxylation sites is 1. The number of amides is 1. The number of rotatable bonds is 5. The average molecular weight is 418 g/mol. The summed E-state index contributed by atoms with van der Waals surface area (Å²) >= 11 is 3.34. The number of aryl methyl sites for hydroxylation is 1. The number of halogens is 1. The zero-order valence-corrected chi connectivity index (χ0v) is 16.1. The molecule has 0 saturated heterocycles. The first-order valence-corrected chi connectivity index (χ1v) is 9.31. The van der Waals surface area contributed by atoms with Crippen LogP contribution in [0.25, 0.3) is 0 Å². The molecule has 0 unspecified atom stereocenters. The maximum absolute atomic E-state index is 12.5. The molecule has 0 N–H and O–H groups in total. The van der Waals surface area contributed by atoms with Gasteiger partial charge in [-0.1, -0.05) is 34.1 Å². The van der Waals surface area contributed by atoms with E-state index in [0.29, 0.717) is 12.3 Å². The number of hydrogen-bond acceptors (Lipinski definition) is 4. The van der Waals surface area contributed by atoms with Gasteiger partial charge in [-0.05, 0) is 55.7 Å². The Balaban J connectivity index is 1.54. The third-order valence-electron chi connectivity index (χ3n) is 4.21. The second kappa shape index (κ2) is 8.36. The lowest BCUT2D eigenvalue weighted by molar-refractivity contribution is -0.154. The number of carbonyl (C=O) groups is 2. The highest BCUT2D eigenvalue weighted by Gasteiger charge is 2.24. The van der Waals surface area contributed by atoms with Crippen molar-refractivity contribution in [1.29, 1.82) is 0 Å². The number of nitrogens with zero attached hydrogens (tertiary/aromatic N) is 1. The predicted molar refractivity (Wildman–Crippen MR) is 102 cm³/mol. The molecule has 2 aromatic rings. The van der Waals surface area contributed by atoms with Crippen LogP contribution in [0.4, 0.5) is 5.69 Å². The molecule has 136 valence electrons. The molecule has 2 aromatic carbocycles. The van der Waals surface area contributed by atoms with Gasteiger partial charge < -0.3 is 14.4 Å². The minimum atomic E-state index is -0.794. The molecule has 0 aliphatic carbocycles. The first-order chi connectivity index (χ1) is 12.5. The Morgan fingerprint density at radius 2 is 1.88 bits per heavy atom. The van der Waals surface area contributed by atoms with Crippen molar-refractivity contribution in [2.24, 2.45) is 0 Å². The van der Waals surface area contributed by atoms with Gasteiger partial charge in [0.05, 0.1) is 0 Å². The van der Waals surface area contributed by atoms with E-state index in [2.05, 4.69) is 15.9 Å². The molecule has 0 fully saturated rings. The van der Waals surface area contributed by atoms with Crippen molar-refractivity contribution in [3.05, 3.63) is 58.6 Å². The van der Waals surface area contributed by atoms with Crippen molar-refractivity contribution < 1.29 is 19.1 Å². The minimum Gasteiger partial charge on any atom is -0.479 e. The molecule has 0 aromatic heterocycles. The van der Waals surface area contributed by atoms with Crippen molar-refractivity contribution in [1.82, 2.24) is 0 Å². The SMILES string of the molecule is C[C@H](Oc1ccc(Br)cc1)C(=O)OCC(=O)N1CCCc2ccccc21. The summed E-state index contributed by atoms with van der Waals surface area (Å²) in [4.78, 5) is 26.3. The number of esters is 1. The van der Waals surface area contributed by atoms with Gasteiger partial charge in [0, 0.05) is 16.7 Å². The Kier molecular flexibility index (Phi) is 5.93. The summed E-state index contributed by atoms with van der Waals surface area (Å²) in [5.74, 6) is -0.221. The number of carbonyl (C=O) groups excluding carboxylic acids is 2. The summed E-state index contributed by atoms with van der Waals surface area (Å²) in [5, 5.41) is 0. The maximum Gasteiger partial charge on any atom is 0.347 e. The fraction of sp³-hybridized carbons (Fsp3) is 0.300. The predicted octanol–water partition coefficient (Wildman–Crippen LogP) is 3.74. The molecule has 1 heterocycles. The van der Waals surface area contributed by atoms with Crippen LogP contribution in [0.2, 0.25) is 0 Å². The number of anilines is 1. The van der Waals surface area contributed by atoms with Crippen LogP contribution in [0.3, 0.4) is 0 Å². The molecule has 0 bridgehead atoms. The van der Waals surface area contributed by atoms with E-state index in [1.54, 1.807) is 24.0 Å². The number of hydrogen-bond donors (Lipinski definition) is 0. The smallest absolute Gasteiger partial charge is 0.347 e. The second-order valence-electron chi connectivity index (χ2n) is 6.10. The molecular formula is C20H20BrNO4. The molecule has 0 saturated carbocycles. The van der Waals surface area contributed by atoms with Gasteiger partial charge in [0.25, 0.3) is 5.91 Å². The van der Waals surface area contributed by atoms with E-state index in [-0.39, 0.29) is 12.5 Å². The standard InChI is InChI=1S/C20H20BrNO4/c1-14(26-17-10-8-16(21)9-11-17)20(24)25-13-19(23)22-12-4-6-15-5-2-3-7-18(15)22/h2-3,5,7-11,14H,4,6,12-13H2,1H3/t14-/m0/s1. The molecule has 5 nitrogen and oxygen atoms in total. The molecule has 6 heteroatoms. The zero-order chi connectivity index (χ0) is 18.5. The Hall–Kier alpha value is -2.34. The van der Waals surface area contributed by atoms with Gasteiger partial charge in [-0.25, -0.2) is 4.79 Å². The third-order valence-corrected chi connectivity index (χ3v) is 4.74. The largest absolute Gasteiger partial charge is 0.479 e. The van der Waals surface area contributed by atoms with Gasteiger partial charge in [0.15, 0.2) is 12.7 Å². The molecular weight excluding hydrogens is 398 g/mol. The van der Waals surface area contributed by atoms with Gasteiger partial charge in [-0.2, -0.15) is 0 Å². The Labute approximate surface area is 161 Å². The van der Waals surface area contributed by atoms with Crippen LogP contribution in [0, 0.1) is 0 Å². The number of ether oxygens (including phenoxy) is 2. The van der Waals surface area contributed by atoms with Crippen molar-refractivity contribution in [3.63, 3.8) is 0 Å². The molecule has 1 aliphatic heterocycles. The van der Waals surface area contributed by atoms with E-state index in [0.717, 1.165) is 28.6 Å². The van der Waals surface area contributed by atoms with Crippen LogP contribution in [0.5, 0.6) is 5.75 Å². The second-order valence-corrected chi connectivity index (χ2v) is 7.02. The third kappa shape index (κ3) is 4.43. The van der Waals surface area contributed by atoms with E-state index >= 15 is 0 Å². The van der Waals surface area contributed by atoms with Crippen LogP contribution >= 0.6 is 15.9 Å². The molecule has 1 aliphatic rings. The van der Waals surface area contributed by atoms with E-state index < -0.39 is 12.1 Å². The van der Waals surface area contributed by atoms with Crippen molar-refractivity contribution in [2.45, 2.75) is 25.9 Å². The minimum absolute atomic E-state index is 0.221. The summed E-state index contributed by atoms with van der Waals surface area (Å²) in [7, 11) is 0. The number of fused-ring (bicyclic) bond motifs is 1. The monoisotopic (exact) mass is 417 g/mol. The van der Waals surface area contributed by atoms with Gasteiger partial charge >= 0.3 is 5.97 Å². The quantitative estimate of drug-likeness (QED) is 0.695. The zero-order valence-electron chi connectivity index (χ0n) is 14.5. The summed E-state index contributed by atoms with van der Waals surface area (Å²) in [6.45, 7) is 1.95. The van der Waals surface area contributed by atoms with Gasteiger partial charge in [-0.15, -0.1) is 0 Å². The van der Waals surface area contributed by atoms with E-state index in [9.17, 15) is 9.59 Å². The van der Waals surface area contributed by atoms with Crippen LogP contribution in [-0.4, -0.2) is 31.1 Å². The lowest BCUT2D eigenvalue weighted by atomic mass is 10.0. The van der Waals surface area contributed by atoms with Gasteiger partial charge in [-0.3, -0.25) is 4.79 Å². The molecule has 0 spiro atoms. The van der Waals surface area contributed by atoms with Crippen molar-refractivity contribution in [3.8, 4) is 5.75 Å². The Morgan fingerprint density at radius 3 is 2.65 bits per heavy atom. The van der Waals surface area contributed by atoms with E-state index in [1.165, 1.54) is 0 Å². The van der Waals surface area contributed by atoms with Crippen LogP contribution in [-0.2, 0) is 20.7 Å². The molecule has 0 radical (unpaired) electrons. The first kappa shape index (κ1) is 18.5. The highest BCUT2D eigenvalue weighted by atomic mass is 79.9. The Morgan fingerprint density at radius 1 is 1.15 bits per heavy atom. The lowest BCUT2D eigenvalue weighted by Gasteiger charge is -2.29. The van der Waals surface area contributed by atoms with Crippen LogP contribution < -0.4 is 9.64 Å².